The van der Waals surface area contributed by atoms with Crippen LogP contribution >= 0.6 is 0 Å². The third-order valence-electron chi connectivity index (χ3n) is 3.50. The molecular weight excluding hydrogens is 341 g/mol. The first-order chi connectivity index (χ1) is 12.4. The van der Waals surface area contributed by atoms with Crippen LogP contribution in [0.15, 0.2) is 54.6 Å². The Labute approximate surface area is 150 Å². The van der Waals surface area contributed by atoms with Gasteiger partial charge in [-0.3, -0.25) is 5.73 Å². The lowest BCUT2D eigenvalue weighted by Gasteiger charge is -2.26. The van der Waals surface area contributed by atoms with E-state index in [-0.39, 0.29) is 13.2 Å². The van der Waals surface area contributed by atoms with E-state index in [4.69, 9.17) is 10.5 Å². The second-order valence-corrected chi connectivity index (χ2v) is 5.69. The van der Waals surface area contributed by atoms with Crippen molar-refractivity contribution in [3.05, 3.63) is 71.5 Å². The first-order valence-electron chi connectivity index (χ1n) is 7.83. The zero-order valence-corrected chi connectivity index (χ0v) is 13.9. The number of carboxylic acids is 1. The van der Waals surface area contributed by atoms with Crippen molar-refractivity contribution in [2.75, 3.05) is 6.61 Å². The first kappa shape index (κ1) is 19.4. The highest BCUT2D eigenvalue weighted by Gasteiger charge is 2.36. The number of ether oxygens (including phenoxy) is 1. The maximum absolute atomic E-state index is 13.1. The molecule has 0 aromatic heterocycles. The Bertz CT molecular complexity index is 757. The molecule has 0 fully saturated rings. The van der Waals surface area contributed by atoms with Gasteiger partial charge in [-0.05, 0) is 23.3 Å². The zero-order chi connectivity index (χ0) is 19.0. The van der Waals surface area contributed by atoms with Gasteiger partial charge in [0.15, 0.2) is 0 Å². The number of rotatable bonds is 8. The summed E-state index contributed by atoms with van der Waals surface area (Å²) in [6, 6.07) is 14.0. The summed E-state index contributed by atoms with van der Waals surface area (Å²) in [7, 11) is 0. The van der Waals surface area contributed by atoms with Crippen LogP contribution in [0.5, 0.6) is 0 Å². The summed E-state index contributed by atoms with van der Waals surface area (Å²) < 4.78 is 18.4. The number of nitrogens with one attached hydrogen (secondary N) is 2. The summed E-state index contributed by atoms with van der Waals surface area (Å²) in [5.41, 5.74) is 5.02. The fraction of sp³-hybridized carbons (Fsp3) is 0.222. The van der Waals surface area contributed by atoms with Crippen LogP contribution in [0.25, 0.3) is 0 Å². The maximum Gasteiger partial charge on any atom is 0.347 e. The first-order valence-corrected chi connectivity index (χ1v) is 7.83. The predicted molar refractivity (Wildman–Crippen MR) is 92.4 cm³/mol. The number of carbonyl (C=O) groups is 2. The average Bonchev–Trinajstić information content (AvgIpc) is 2.61. The van der Waals surface area contributed by atoms with Gasteiger partial charge in [-0.1, -0.05) is 42.5 Å². The Morgan fingerprint density at radius 3 is 2.46 bits per heavy atom. The van der Waals surface area contributed by atoms with Gasteiger partial charge in [-0.15, -0.1) is 0 Å². The topological polar surface area (TPSA) is 114 Å². The van der Waals surface area contributed by atoms with Crippen LogP contribution < -0.4 is 16.4 Å². The molecule has 1 atom stereocenters. The van der Waals surface area contributed by atoms with Crippen LogP contribution in [-0.4, -0.2) is 29.4 Å². The van der Waals surface area contributed by atoms with E-state index in [9.17, 15) is 19.1 Å². The molecule has 7 nitrogen and oxygen atoms in total. The van der Waals surface area contributed by atoms with E-state index >= 15 is 0 Å². The summed E-state index contributed by atoms with van der Waals surface area (Å²) in [5.74, 6) is -1.87. The lowest BCUT2D eigenvalue weighted by molar-refractivity contribution is -0.147. The molecule has 0 aliphatic carbocycles. The average molecular weight is 361 g/mol. The monoisotopic (exact) mass is 361 g/mol. The largest absolute Gasteiger partial charge is 0.478 e. The second kappa shape index (κ2) is 8.93. The van der Waals surface area contributed by atoms with Crippen LogP contribution in [0.2, 0.25) is 0 Å². The summed E-state index contributed by atoms with van der Waals surface area (Å²) in [6.45, 7) is -0.256. The van der Waals surface area contributed by atoms with Crippen LogP contribution in [0.1, 0.15) is 11.1 Å². The molecule has 8 heteroatoms. The highest BCUT2D eigenvalue weighted by atomic mass is 19.1. The number of carboxylic acid groups (broad SMARTS) is 1. The molecule has 2 rings (SSSR count). The van der Waals surface area contributed by atoms with Crippen molar-refractivity contribution in [2.24, 2.45) is 5.73 Å². The molecule has 0 saturated carbocycles. The quantitative estimate of drug-likeness (QED) is 0.533. The van der Waals surface area contributed by atoms with Gasteiger partial charge < -0.3 is 20.5 Å². The van der Waals surface area contributed by atoms with Gasteiger partial charge in [0.05, 0.1) is 13.2 Å². The molecule has 0 saturated heterocycles. The van der Waals surface area contributed by atoms with Gasteiger partial charge in [0.25, 0.3) is 0 Å². The molecule has 5 N–H and O–H groups in total. The third kappa shape index (κ3) is 5.83. The summed E-state index contributed by atoms with van der Waals surface area (Å²) in [6.07, 6.45) is 0. The lowest BCUT2D eigenvalue weighted by atomic mass is 10.2. The Balaban J connectivity index is 1.86. The number of aliphatic carboxylic acids is 1. The highest BCUT2D eigenvalue weighted by molar-refractivity contribution is 5.85. The van der Waals surface area contributed by atoms with Crippen LogP contribution in [0.4, 0.5) is 9.18 Å². The van der Waals surface area contributed by atoms with Crippen molar-refractivity contribution in [1.82, 2.24) is 10.6 Å². The smallest absolute Gasteiger partial charge is 0.347 e. The lowest BCUT2D eigenvalue weighted by Crippen LogP contribution is -2.66. The minimum absolute atomic E-state index is 0.0180. The van der Waals surface area contributed by atoms with E-state index in [1.54, 1.807) is 6.07 Å². The molecule has 0 radical (unpaired) electrons. The predicted octanol–water partition coefficient (Wildman–Crippen LogP) is 1.58. The number of urea groups is 1. The highest BCUT2D eigenvalue weighted by Crippen LogP contribution is 2.05. The normalized spacial score (nSPS) is 12.8. The number of halogens is 1. The number of hydrogen-bond acceptors (Lipinski definition) is 4. The molecule has 2 aromatic rings. The molecule has 26 heavy (non-hydrogen) atoms. The second-order valence-electron chi connectivity index (χ2n) is 5.69. The minimum atomic E-state index is -2.10. The minimum Gasteiger partial charge on any atom is -0.478 e. The van der Waals surface area contributed by atoms with E-state index in [0.29, 0.717) is 5.56 Å². The number of hydrogen-bond donors (Lipinski definition) is 4. The molecule has 1 unspecified atom stereocenters. The van der Waals surface area contributed by atoms with E-state index in [0.717, 1.165) is 5.56 Å². The molecule has 0 spiro atoms. The van der Waals surface area contributed by atoms with Crippen LogP contribution in [-0.2, 0) is 22.7 Å². The Morgan fingerprint density at radius 2 is 1.81 bits per heavy atom. The molecule has 0 heterocycles. The SMILES string of the molecule is NC(COCc1ccccc1)(NC(=O)NCc1cccc(F)c1)C(=O)O. The molecule has 138 valence electrons. The molecular formula is C18H20FN3O4. The van der Waals surface area contributed by atoms with Crippen molar-refractivity contribution in [2.45, 2.75) is 18.8 Å². The number of amides is 2. The van der Waals surface area contributed by atoms with Crippen molar-refractivity contribution in [3.63, 3.8) is 0 Å². The third-order valence-corrected chi connectivity index (χ3v) is 3.50. The molecule has 0 aliphatic heterocycles. The molecule has 0 aliphatic rings. The Kier molecular flexibility index (Phi) is 6.65. The standard InChI is InChI=1S/C18H20FN3O4/c19-15-8-4-7-14(9-15)10-21-17(25)22-18(20,16(23)24)12-26-11-13-5-2-1-3-6-13/h1-9H,10-12,20H2,(H,23,24)(H2,21,22,25). The van der Waals surface area contributed by atoms with Crippen molar-refractivity contribution >= 4 is 12.0 Å². The van der Waals surface area contributed by atoms with E-state index < -0.39 is 30.1 Å². The number of nitrogens with two attached hydrogens (primary N) is 1. The summed E-state index contributed by atoms with van der Waals surface area (Å²) >= 11 is 0. The van der Waals surface area contributed by atoms with Crippen molar-refractivity contribution in [3.8, 4) is 0 Å². The van der Waals surface area contributed by atoms with Crippen molar-refractivity contribution < 1.29 is 23.8 Å². The van der Waals surface area contributed by atoms with Crippen molar-refractivity contribution in [1.29, 1.82) is 0 Å². The molecule has 2 aromatic carbocycles. The van der Waals surface area contributed by atoms with Gasteiger partial charge in [0, 0.05) is 6.54 Å². The van der Waals surface area contributed by atoms with Crippen LogP contribution in [0.3, 0.4) is 0 Å². The van der Waals surface area contributed by atoms with Crippen LogP contribution in [0, 0.1) is 5.82 Å². The molecule has 2 amide bonds. The number of carbonyl (C=O) groups excluding carboxylic acids is 1. The fourth-order valence-corrected chi connectivity index (χ4v) is 2.13. The zero-order valence-electron chi connectivity index (χ0n) is 13.9. The maximum atomic E-state index is 13.1. The Hall–Kier alpha value is -2.97. The summed E-state index contributed by atoms with van der Waals surface area (Å²) in [5, 5.41) is 13.9. The van der Waals surface area contributed by atoms with Gasteiger partial charge >= 0.3 is 12.0 Å². The Morgan fingerprint density at radius 1 is 1.12 bits per heavy atom. The molecule has 0 bridgehead atoms. The fourth-order valence-electron chi connectivity index (χ4n) is 2.13. The summed E-state index contributed by atoms with van der Waals surface area (Å²) in [4.78, 5) is 23.4. The van der Waals surface area contributed by atoms with Gasteiger partial charge in [0.1, 0.15) is 5.82 Å². The van der Waals surface area contributed by atoms with E-state index in [1.807, 2.05) is 30.3 Å². The van der Waals surface area contributed by atoms with Gasteiger partial charge in [0.2, 0.25) is 5.66 Å². The van der Waals surface area contributed by atoms with E-state index in [2.05, 4.69) is 10.6 Å². The van der Waals surface area contributed by atoms with Gasteiger partial charge in [-0.25, -0.2) is 14.0 Å². The van der Waals surface area contributed by atoms with Gasteiger partial charge in [-0.2, -0.15) is 0 Å². The number of benzene rings is 2. The van der Waals surface area contributed by atoms with E-state index in [1.165, 1.54) is 18.2 Å².